The molecule has 20 heavy (non-hydrogen) atoms. The van der Waals surface area contributed by atoms with Crippen LogP contribution >= 0.6 is 0 Å². The van der Waals surface area contributed by atoms with Crippen molar-refractivity contribution in [2.75, 3.05) is 20.2 Å². The minimum atomic E-state index is -0.0568. The predicted molar refractivity (Wildman–Crippen MR) is 79.8 cm³/mol. The first kappa shape index (κ1) is 14.9. The van der Waals surface area contributed by atoms with Crippen LogP contribution in [0.1, 0.15) is 37.7 Å². The number of hydrogen-bond acceptors (Lipinski definition) is 3. The van der Waals surface area contributed by atoms with Gasteiger partial charge in [0.2, 0.25) is 5.91 Å². The number of likely N-dealkylation sites (tertiary alicyclic amines) is 1. The molecule has 1 atom stereocenters. The summed E-state index contributed by atoms with van der Waals surface area (Å²) in [6.07, 6.45) is 2.47. The highest BCUT2D eigenvalue weighted by Gasteiger charge is 2.24. The summed E-state index contributed by atoms with van der Waals surface area (Å²) in [7, 11) is 1.69. The van der Waals surface area contributed by atoms with Gasteiger partial charge in [0.05, 0.1) is 7.11 Å². The van der Waals surface area contributed by atoms with Gasteiger partial charge in [0.15, 0.2) is 0 Å². The molecule has 4 heteroatoms. The summed E-state index contributed by atoms with van der Waals surface area (Å²) >= 11 is 0. The van der Waals surface area contributed by atoms with Crippen LogP contribution in [0.5, 0.6) is 5.75 Å². The van der Waals surface area contributed by atoms with Crippen molar-refractivity contribution in [2.24, 2.45) is 5.73 Å². The molecule has 1 saturated heterocycles. The van der Waals surface area contributed by atoms with Crippen molar-refractivity contribution < 1.29 is 9.53 Å². The molecule has 1 amide bonds. The molecule has 0 aliphatic carbocycles. The zero-order valence-corrected chi connectivity index (χ0v) is 12.3. The van der Waals surface area contributed by atoms with E-state index < -0.39 is 0 Å². The van der Waals surface area contributed by atoms with Crippen LogP contribution in [0.15, 0.2) is 24.3 Å². The molecule has 2 rings (SSSR count). The molecular formula is C16H24N2O2. The summed E-state index contributed by atoms with van der Waals surface area (Å²) in [5.74, 6) is 1.60. The Kier molecular flexibility index (Phi) is 5.01. The number of rotatable bonds is 4. The van der Waals surface area contributed by atoms with Crippen molar-refractivity contribution in [3.05, 3.63) is 29.8 Å². The van der Waals surface area contributed by atoms with E-state index in [4.69, 9.17) is 10.5 Å². The van der Waals surface area contributed by atoms with Crippen LogP contribution in [-0.4, -0.2) is 37.0 Å². The Morgan fingerprint density at radius 2 is 2.15 bits per heavy atom. The lowest BCUT2D eigenvalue weighted by Crippen LogP contribution is -2.40. The Morgan fingerprint density at radius 1 is 1.45 bits per heavy atom. The number of carbonyl (C=O) groups is 1. The monoisotopic (exact) mass is 276 g/mol. The summed E-state index contributed by atoms with van der Waals surface area (Å²) < 4.78 is 5.27. The van der Waals surface area contributed by atoms with Gasteiger partial charge in [-0.3, -0.25) is 4.79 Å². The first-order chi connectivity index (χ1) is 9.60. The average Bonchev–Trinajstić information content (AvgIpc) is 2.47. The summed E-state index contributed by atoms with van der Waals surface area (Å²) in [4.78, 5) is 13.9. The van der Waals surface area contributed by atoms with Gasteiger partial charge < -0.3 is 15.4 Å². The smallest absolute Gasteiger partial charge is 0.224 e. The van der Waals surface area contributed by atoms with Crippen molar-refractivity contribution in [1.29, 1.82) is 0 Å². The van der Waals surface area contributed by atoms with Gasteiger partial charge in [-0.15, -0.1) is 0 Å². The van der Waals surface area contributed by atoms with Crippen LogP contribution in [0.25, 0.3) is 0 Å². The van der Waals surface area contributed by atoms with E-state index in [-0.39, 0.29) is 11.9 Å². The highest BCUT2D eigenvalue weighted by Crippen LogP contribution is 2.30. The maximum absolute atomic E-state index is 12.0. The van der Waals surface area contributed by atoms with Crippen LogP contribution in [-0.2, 0) is 4.79 Å². The van der Waals surface area contributed by atoms with Gasteiger partial charge in [-0.2, -0.15) is 0 Å². The van der Waals surface area contributed by atoms with Crippen LogP contribution in [0.4, 0.5) is 0 Å². The fraction of sp³-hybridized carbons (Fsp3) is 0.562. The molecule has 0 saturated carbocycles. The average molecular weight is 276 g/mol. The lowest BCUT2D eigenvalue weighted by molar-refractivity contribution is -0.132. The fourth-order valence-corrected chi connectivity index (χ4v) is 2.76. The SMILES string of the molecule is COc1cccc(C2CCN(C(=O)CC(C)N)CC2)c1. The first-order valence-electron chi connectivity index (χ1n) is 7.27. The van der Waals surface area contributed by atoms with Crippen LogP contribution in [0.3, 0.4) is 0 Å². The Hall–Kier alpha value is -1.55. The van der Waals surface area contributed by atoms with Crippen molar-refractivity contribution in [1.82, 2.24) is 4.90 Å². The predicted octanol–water partition coefficient (Wildman–Crippen LogP) is 2.14. The number of carbonyl (C=O) groups excluding carboxylic acids is 1. The lowest BCUT2D eigenvalue weighted by atomic mass is 9.89. The van der Waals surface area contributed by atoms with Gasteiger partial charge in [-0.05, 0) is 43.4 Å². The molecule has 1 fully saturated rings. The maximum Gasteiger partial charge on any atom is 0.224 e. The molecule has 1 aromatic carbocycles. The van der Waals surface area contributed by atoms with Gasteiger partial charge in [0.1, 0.15) is 5.75 Å². The third kappa shape index (κ3) is 3.73. The second-order valence-electron chi connectivity index (χ2n) is 5.61. The van der Waals surface area contributed by atoms with Crippen LogP contribution in [0, 0.1) is 0 Å². The Bertz CT molecular complexity index is 452. The third-order valence-corrected chi connectivity index (χ3v) is 3.91. The van der Waals surface area contributed by atoms with Gasteiger partial charge in [0, 0.05) is 25.6 Å². The van der Waals surface area contributed by atoms with Crippen LogP contribution < -0.4 is 10.5 Å². The highest BCUT2D eigenvalue weighted by molar-refractivity contribution is 5.76. The molecule has 4 nitrogen and oxygen atoms in total. The Morgan fingerprint density at radius 3 is 2.75 bits per heavy atom. The van der Waals surface area contributed by atoms with E-state index in [1.165, 1.54) is 5.56 Å². The molecule has 110 valence electrons. The van der Waals surface area contributed by atoms with E-state index in [1.54, 1.807) is 7.11 Å². The first-order valence-corrected chi connectivity index (χ1v) is 7.27. The van der Waals surface area contributed by atoms with E-state index in [9.17, 15) is 4.79 Å². The van der Waals surface area contributed by atoms with E-state index >= 15 is 0 Å². The zero-order chi connectivity index (χ0) is 14.5. The molecule has 0 radical (unpaired) electrons. The normalized spacial score (nSPS) is 17.9. The minimum Gasteiger partial charge on any atom is -0.497 e. The largest absolute Gasteiger partial charge is 0.497 e. The molecule has 2 N–H and O–H groups in total. The molecule has 1 unspecified atom stereocenters. The van der Waals surface area contributed by atoms with E-state index in [1.807, 2.05) is 24.0 Å². The molecule has 1 aromatic rings. The maximum atomic E-state index is 12.0. The number of nitrogens with zero attached hydrogens (tertiary/aromatic N) is 1. The Labute approximate surface area is 120 Å². The zero-order valence-electron chi connectivity index (χ0n) is 12.3. The second kappa shape index (κ2) is 6.75. The third-order valence-electron chi connectivity index (χ3n) is 3.91. The number of piperidine rings is 1. The number of methoxy groups -OCH3 is 1. The van der Waals surface area contributed by atoms with Crippen molar-refractivity contribution in [2.45, 2.75) is 38.1 Å². The van der Waals surface area contributed by atoms with Crippen molar-refractivity contribution >= 4 is 5.91 Å². The van der Waals surface area contributed by atoms with Gasteiger partial charge in [0.25, 0.3) is 0 Å². The number of amides is 1. The van der Waals surface area contributed by atoms with E-state index in [0.29, 0.717) is 12.3 Å². The molecule has 0 bridgehead atoms. The molecule has 1 aliphatic heterocycles. The number of ether oxygens (including phenoxy) is 1. The minimum absolute atomic E-state index is 0.0568. The molecule has 1 heterocycles. The summed E-state index contributed by atoms with van der Waals surface area (Å²) in [6, 6.07) is 8.18. The van der Waals surface area contributed by atoms with Crippen molar-refractivity contribution in [3.63, 3.8) is 0 Å². The topological polar surface area (TPSA) is 55.6 Å². The summed E-state index contributed by atoms with van der Waals surface area (Å²) in [5.41, 5.74) is 7.00. The number of benzene rings is 1. The number of hydrogen-bond donors (Lipinski definition) is 1. The fourth-order valence-electron chi connectivity index (χ4n) is 2.76. The summed E-state index contributed by atoms with van der Waals surface area (Å²) in [5, 5.41) is 0. The number of nitrogens with two attached hydrogens (primary N) is 1. The Balaban J connectivity index is 1.92. The highest BCUT2D eigenvalue weighted by atomic mass is 16.5. The molecular weight excluding hydrogens is 252 g/mol. The van der Waals surface area contributed by atoms with Crippen LogP contribution in [0.2, 0.25) is 0 Å². The van der Waals surface area contributed by atoms with E-state index in [2.05, 4.69) is 12.1 Å². The molecule has 0 aromatic heterocycles. The lowest BCUT2D eigenvalue weighted by Gasteiger charge is -2.32. The molecule has 1 aliphatic rings. The van der Waals surface area contributed by atoms with Gasteiger partial charge in [-0.25, -0.2) is 0 Å². The standard InChI is InChI=1S/C16H24N2O2/c1-12(17)10-16(19)18-8-6-13(7-9-18)14-4-3-5-15(11-14)20-2/h3-5,11-13H,6-10,17H2,1-2H3. The molecule has 0 spiro atoms. The van der Waals surface area contributed by atoms with Gasteiger partial charge in [-0.1, -0.05) is 12.1 Å². The quantitative estimate of drug-likeness (QED) is 0.916. The van der Waals surface area contributed by atoms with E-state index in [0.717, 1.165) is 31.7 Å². The van der Waals surface area contributed by atoms with Gasteiger partial charge >= 0.3 is 0 Å². The van der Waals surface area contributed by atoms with Crippen molar-refractivity contribution in [3.8, 4) is 5.75 Å². The second-order valence-corrected chi connectivity index (χ2v) is 5.61. The summed E-state index contributed by atoms with van der Waals surface area (Å²) in [6.45, 7) is 3.53.